The largest absolute Gasteiger partial charge is 0.462 e. The fourth-order valence-corrected chi connectivity index (χ4v) is 7.88. The van der Waals surface area contributed by atoms with Crippen molar-refractivity contribution in [1.29, 1.82) is 0 Å². The van der Waals surface area contributed by atoms with Gasteiger partial charge in [0.05, 0.1) is 6.61 Å². The Morgan fingerprint density at radius 2 is 0.705 bits per heavy atom. The number of carbonyl (C=O) groups excluding carboxylic acids is 2. The van der Waals surface area contributed by atoms with E-state index in [4.69, 9.17) is 14.2 Å². The fourth-order valence-electron chi connectivity index (χ4n) is 7.88. The van der Waals surface area contributed by atoms with Crippen molar-refractivity contribution in [2.24, 2.45) is 0 Å². The Balaban J connectivity index is 4.30. The van der Waals surface area contributed by atoms with Gasteiger partial charge in [0.25, 0.3) is 0 Å². The van der Waals surface area contributed by atoms with E-state index in [-0.39, 0.29) is 25.2 Å². The topological polar surface area (TPSA) is 61.8 Å². The van der Waals surface area contributed by atoms with Crippen molar-refractivity contribution in [3.05, 3.63) is 36.5 Å². The molecule has 0 fully saturated rings. The molecule has 0 saturated heterocycles. The normalized spacial score (nSPS) is 12.4. The molecule has 0 unspecified atom stereocenters. The maximum Gasteiger partial charge on any atom is 0.306 e. The summed E-state index contributed by atoms with van der Waals surface area (Å²) in [6.45, 7) is 7.82. The van der Waals surface area contributed by atoms with Crippen molar-refractivity contribution in [2.75, 3.05) is 19.8 Å². The number of hydrogen-bond donors (Lipinski definition) is 0. The first-order chi connectivity index (χ1) is 30.1. The number of unbranched alkanes of at least 4 members (excludes halogenated alkanes) is 33. The number of ether oxygens (including phenoxy) is 3. The van der Waals surface area contributed by atoms with Gasteiger partial charge in [0.15, 0.2) is 6.10 Å². The summed E-state index contributed by atoms with van der Waals surface area (Å²) in [5, 5.41) is 0. The van der Waals surface area contributed by atoms with Gasteiger partial charge in [0.2, 0.25) is 0 Å². The summed E-state index contributed by atoms with van der Waals surface area (Å²) in [4.78, 5) is 25.4. The van der Waals surface area contributed by atoms with Crippen LogP contribution in [0.4, 0.5) is 0 Å². The van der Waals surface area contributed by atoms with E-state index in [9.17, 15) is 9.59 Å². The average Bonchev–Trinajstić information content (AvgIpc) is 3.26. The van der Waals surface area contributed by atoms with E-state index < -0.39 is 6.10 Å². The standard InChI is InChI=1S/C56H104O5/c1-4-7-10-13-16-19-22-25-27-29-30-32-35-38-41-44-47-50-56(58)61-54(53-60-55(57)49-46-43-40-37-34-24-21-18-15-12-9-6-3)52-59-51-48-45-42-39-36-33-31-28-26-23-20-17-14-11-8-5-2/h25,27,30,32,38,41,54H,4-24,26,28-29,31,33-37,39-40,42-53H2,1-3H3/b27-25-,32-30-,41-38-/t54-/m1/s1. The summed E-state index contributed by atoms with van der Waals surface area (Å²) < 4.78 is 17.4. The third kappa shape index (κ3) is 50.6. The third-order valence-corrected chi connectivity index (χ3v) is 11.9. The van der Waals surface area contributed by atoms with Crippen LogP contribution >= 0.6 is 0 Å². The van der Waals surface area contributed by atoms with Gasteiger partial charge in [-0.3, -0.25) is 9.59 Å². The zero-order valence-electron chi connectivity index (χ0n) is 41.2. The molecule has 358 valence electrons. The van der Waals surface area contributed by atoms with Gasteiger partial charge in [-0.05, 0) is 51.4 Å². The second-order valence-electron chi connectivity index (χ2n) is 18.1. The molecule has 0 radical (unpaired) electrons. The zero-order chi connectivity index (χ0) is 44.2. The molecule has 0 bridgehead atoms. The lowest BCUT2D eigenvalue weighted by molar-refractivity contribution is -0.162. The Morgan fingerprint density at radius 3 is 1.15 bits per heavy atom. The zero-order valence-corrected chi connectivity index (χ0v) is 41.2. The minimum absolute atomic E-state index is 0.0717. The van der Waals surface area contributed by atoms with Crippen LogP contribution in [0.15, 0.2) is 36.5 Å². The van der Waals surface area contributed by atoms with Gasteiger partial charge in [0.1, 0.15) is 6.61 Å². The minimum atomic E-state index is -0.556. The summed E-state index contributed by atoms with van der Waals surface area (Å²) in [6.07, 6.45) is 63.0. The summed E-state index contributed by atoms with van der Waals surface area (Å²) in [6, 6.07) is 0. The Hall–Kier alpha value is -1.88. The van der Waals surface area contributed by atoms with Crippen LogP contribution in [0.25, 0.3) is 0 Å². The fraction of sp³-hybridized carbons (Fsp3) is 0.857. The SMILES string of the molecule is CCCCCCCC/C=C\C/C=C\C/C=C\CCCC(=O)O[C@H](COCCCCCCCCCCCCCCCCCC)COC(=O)CCCCCCCCCCCCCC. The first-order valence-electron chi connectivity index (χ1n) is 27.0. The lowest BCUT2D eigenvalue weighted by Gasteiger charge is -2.18. The first-order valence-corrected chi connectivity index (χ1v) is 27.0. The molecule has 0 aromatic rings. The molecule has 0 rings (SSSR count). The molecule has 0 aromatic carbocycles. The Kier molecular flexibility index (Phi) is 50.8. The highest BCUT2D eigenvalue weighted by Crippen LogP contribution is 2.16. The van der Waals surface area contributed by atoms with Crippen molar-refractivity contribution in [1.82, 2.24) is 0 Å². The summed E-state index contributed by atoms with van der Waals surface area (Å²) >= 11 is 0. The van der Waals surface area contributed by atoms with Gasteiger partial charge in [-0.1, -0.05) is 256 Å². The van der Waals surface area contributed by atoms with Gasteiger partial charge < -0.3 is 14.2 Å². The summed E-state index contributed by atoms with van der Waals surface area (Å²) in [7, 11) is 0. The predicted octanol–water partition coefficient (Wildman–Crippen LogP) is 18.2. The molecule has 5 heteroatoms. The molecule has 0 aliphatic heterocycles. The number of allylic oxidation sites excluding steroid dienone is 6. The molecule has 0 aliphatic carbocycles. The third-order valence-electron chi connectivity index (χ3n) is 11.9. The monoisotopic (exact) mass is 857 g/mol. The molecule has 0 heterocycles. The van der Waals surface area contributed by atoms with Crippen molar-refractivity contribution in [2.45, 2.75) is 290 Å². The maximum absolute atomic E-state index is 12.8. The van der Waals surface area contributed by atoms with E-state index in [0.29, 0.717) is 19.4 Å². The molecule has 5 nitrogen and oxygen atoms in total. The minimum Gasteiger partial charge on any atom is -0.462 e. The second-order valence-corrected chi connectivity index (χ2v) is 18.1. The molecular formula is C56H104O5. The van der Waals surface area contributed by atoms with E-state index in [0.717, 1.165) is 51.4 Å². The van der Waals surface area contributed by atoms with Crippen LogP contribution in [0.5, 0.6) is 0 Å². The number of carbonyl (C=O) groups is 2. The molecule has 1 atom stereocenters. The van der Waals surface area contributed by atoms with Gasteiger partial charge in [-0.25, -0.2) is 0 Å². The Morgan fingerprint density at radius 1 is 0.361 bits per heavy atom. The van der Waals surface area contributed by atoms with E-state index in [1.807, 2.05) is 0 Å². The van der Waals surface area contributed by atoms with Crippen LogP contribution in [0, 0.1) is 0 Å². The molecule has 0 amide bonds. The molecule has 0 saturated carbocycles. The first kappa shape index (κ1) is 59.1. The summed E-state index contributed by atoms with van der Waals surface area (Å²) in [5.41, 5.74) is 0. The van der Waals surface area contributed by atoms with E-state index in [2.05, 4.69) is 57.2 Å². The molecule has 0 spiro atoms. The molecule has 61 heavy (non-hydrogen) atoms. The van der Waals surface area contributed by atoms with Crippen LogP contribution in [0.1, 0.15) is 284 Å². The molecule has 0 aliphatic rings. The molecular weight excluding hydrogens is 753 g/mol. The molecule has 0 aromatic heterocycles. The maximum atomic E-state index is 12.8. The van der Waals surface area contributed by atoms with Gasteiger partial charge >= 0.3 is 11.9 Å². The molecule has 0 N–H and O–H groups in total. The lowest BCUT2D eigenvalue weighted by atomic mass is 10.0. The highest BCUT2D eigenvalue weighted by molar-refractivity contribution is 5.70. The van der Waals surface area contributed by atoms with Crippen LogP contribution in [0.2, 0.25) is 0 Å². The van der Waals surface area contributed by atoms with Gasteiger partial charge in [0, 0.05) is 19.4 Å². The quantitative estimate of drug-likeness (QED) is 0.0346. The predicted molar refractivity (Wildman–Crippen MR) is 265 cm³/mol. The van der Waals surface area contributed by atoms with E-state index in [1.54, 1.807) is 0 Å². The van der Waals surface area contributed by atoms with Crippen molar-refractivity contribution in [3.8, 4) is 0 Å². The van der Waals surface area contributed by atoms with Gasteiger partial charge in [-0.15, -0.1) is 0 Å². The second kappa shape index (κ2) is 52.5. The van der Waals surface area contributed by atoms with Crippen LogP contribution in [-0.4, -0.2) is 37.9 Å². The Labute approximate surface area is 380 Å². The van der Waals surface area contributed by atoms with Crippen molar-refractivity contribution >= 4 is 11.9 Å². The van der Waals surface area contributed by atoms with Crippen LogP contribution in [0.3, 0.4) is 0 Å². The van der Waals surface area contributed by atoms with E-state index >= 15 is 0 Å². The number of hydrogen-bond acceptors (Lipinski definition) is 5. The van der Waals surface area contributed by atoms with Gasteiger partial charge in [-0.2, -0.15) is 0 Å². The summed E-state index contributed by atoms with van der Waals surface area (Å²) in [5.74, 6) is -0.441. The Bertz CT molecular complexity index is 970. The highest BCUT2D eigenvalue weighted by Gasteiger charge is 2.17. The highest BCUT2D eigenvalue weighted by atomic mass is 16.6. The smallest absolute Gasteiger partial charge is 0.306 e. The van der Waals surface area contributed by atoms with Crippen LogP contribution < -0.4 is 0 Å². The van der Waals surface area contributed by atoms with Crippen molar-refractivity contribution in [3.63, 3.8) is 0 Å². The number of esters is 2. The number of rotatable bonds is 50. The lowest BCUT2D eigenvalue weighted by Crippen LogP contribution is -2.30. The van der Waals surface area contributed by atoms with Crippen LogP contribution in [-0.2, 0) is 23.8 Å². The average molecular weight is 857 g/mol. The van der Waals surface area contributed by atoms with Crippen molar-refractivity contribution < 1.29 is 23.8 Å². The van der Waals surface area contributed by atoms with E-state index in [1.165, 1.54) is 199 Å².